The summed E-state index contributed by atoms with van der Waals surface area (Å²) in [6, 6.07) is 17.3. The van der Waals surface area contributed by atoms with Crippen molar-refractivity contribution in [2.75, 3.05) is 32.1 Å². The van der Waals surface area contributed by atoms with Gasteiger partial charge in [0.05, 0.1) is 6.54 Å². The van der Waals surface area contributed by atoms with Crippen molar-refractivity contribution in [1.82, 2.24) is 15.2 Å². The number of nitrogens with one attached hydrogen (secondary N) is 2. The van der Waals surface area contributed by atoms with Crippen LogP contribution in [0.15, 0.2) is 54.7 Å². The van der Waals surface area contributed by atoms with Crippen molar-refractivity contribution >= 4 is 22.5 Å². The summed E-state index contributed by atoms with van der Waals surface area (Å²) in [5.74, 6) is 0.174. The van der Waals surface area contributed by atoms with Crippen LogP contribution in [0.2, 0.25) is 0 Å². The highest BCUT2D eigenvalue weighted by Gasteiger charge is 2.23. The average Bonchev–Trinajstić information content (AvgIpc) is 3.48. The van der Waals surface area contributed by atoms with E-state index in [4.69, 9.17) is 0 Å². The molecule has 1 fully saturated rings. The monoisotopic (exact) mass is 390 g/mol. The fourth-order valence-corrected chi connectivity index (χ4v) is 3.64. The van der Waals surface area contributed by atoms with Crippen LogP contribution < -0.4 is 10.2 Å². The van der Waals surface area contributed by atoms with E-state index in [9.17, 15) is 4.79 Å². The van der Waals surface area contributed by atoms with Crippen molar-refractivity contribution in [2.24, 2.45) is 0 Å². The first-order valence-electron chi connectivity index (χ1n) is 10.4. The van der Waals surface area contributed by atoms with Gasteiger partial charge in [0.2, 0.25) is 5.91 Å². The second kappa shape index (κ2) is 8.70. The summed E-state index contributed by atoms with van der Waals surface area (Å²) in [4.78, 5) is 20.3. The maximum Gasteiger partial charge on any atom is 0.236 e. The Labute approximate surface area is 172 Å². The first-order chi connectivity index (χ1) is 14.1. The van der Waals surface area contributed by atoms with Crippen LogP contribution >= 0.6 is 0 Å². The quantitative estimate of drug-likeness (QED) is 0.587. The summed E-state index contributed by atoms with van der Waals surface area (Å²) in [6.45, 7) is 1.78. The zero-order valence-electron chi connectivity index (χ0n) is 17.3. The fraction of sp³-hybridized carbons (Fsp3) is 0.375. The number of para-hydroxylation sites is 1. The Morgan fingerprint density at radius 2 is 1.86 bits per heavy atom. The van der Waals surface area contributed by atoms with Crippen LogP contribution in [-0.2, 0) is 17.8 Å². The second-order valence-corrected chi connectivity index (χ2v) is 8.14. The van der Waals surface area contributed by atoms with E-state index >= 15 is 0 Å². The van der Waals surface area contributed by atoms with Gasteiger partial charge in [0.25, 0.3) is 0 Å². The molecule has 1 aliphatic carbocycles. The summed E-state index contributed by atoms with van der Waals surface area (Å²) < 4.78 is 0. The standard InChI is InChI=1S/C24H30N4O/c1-27(2)21-11-7-18(8-12-21)17-28(24(29)16-25-20-9-10-20)14-13-19-15-26-23-6-4-3-5-22(19)23/h3-8,11-12,15,20,25-26H,9-10,13-14,16-17H2,1-2H3. The van der Waals surface area contributed by atoms with Gasteiger partial charge < -0.3 is 20.1 Å². The lowest BCUT2D eigenvalue weighted by Crippen LogP contribution is -2.39. The Morgan fingerprint density at radius 1 is 1.10 bits per heavy atom. The molecule has 152 valence electrons. The molecule has 1 aromatic heterocycles. The van der Waals surface area contributed by atoms with Crippen LogP contribution in [0.5, 0.6) is 0 Å². The average molecular weight is 391 g/mol. The molecule has 1 amide bonds. The lowest BCUT2D eigenvalue weighted by Gasteiger charge is -2.24. The second-order valence-electron chi connectivity index (χ2n) is 8.14. The molecule has 0 bridgehead atoms. The van der Waals surface area contributed by atoms with Gasteiger partial charge in [-0.15, -0.1) is 0 Å². The minimum Gasteiger partial charge on any atom is -0.378 e. The van der Waals surface area contributed by atoms with Crippen LogP contribution in [-0.4, -0.2) is 49.0 Å². The summed E-state index contributed by atoms with van der Waals surface area (Å²) in [6.07, 6.45) is 5.29. The van der Waals surface area contributed by atoms with Crippen molar-refractivity contribution in [2.45, 2.75) is 31.8 Å². The molecule has 5 heteroatoms. The van der Waals surface area contributed by atoms with Gasteiger partial charge >= 0.3 is 0 Å². The zero-order chi connectivity index (χ0) is 20.2. The first-order valence-corrected chi connectivity index (χ1v) is 10.4. The Hall–Kier alpha value is -2.79. The van der Waals surface area contributed by atoms with E-state index in [-0.39, 0.29) is 5.91 Å². The highest BCUT2D eigenvalue weighted by molar-refractivity contribution is 5.83. The van der Waals surface area contributed by atoms with E-state index in [1.807, 2.05) is 25.1 Å². The van der Waals surface area contributed by atoms with Crippen molar-refractivity contribution in [3.05, 3.63) is 65.9 Å². The molecule has 0 saturated heterocycles. The highest BCUT2D eigenvalue weighted by Crippen LogP contribution is 2.20. The molecule has 1 heterocycles. The van der Waals surface area contributed by atoms with E-state index in [0.29, 0.717) is 25.7 Å². The van der Waals surface area contributed by atoms with Crippen molar-refractivity contribution in [3.63, 3.8) is 0 Å². The van der Waals surface area contributed by atoms with Gasteiger partial charge in [-0.2, -0.15) is 0 Å². The van der Waals surface area contributed by atoms with Crippen LogP contribution in [0.1, 0.15) is 24.0 Å². The SMILES string of the molecule is CN(C)c1ccc(CN(CCc2c[nH]c3ccccc23)C(=O)CNC2CC2)cc1. The van der Waals surface area contributed by atoms with Gasteiger partial charge in [0, 0.05) is 56.0 Å². The normalized spacial score (nSPS) is 13.6. The predicted molar refractivity (Wildman–Crippen MR) is 119 cm³/mol. The van der Waals surface area contributed by atoms with Crippen LogP contribution in [0.4, 0.5) is 5.69 Å². The van der Waals surface area contributed by atoms with Crippen LogP contribution in [0.3, 0.4) is 0 Å². The summed E-state index contributed by atoms with van der Waals surface area (Å²) in [7, 11) is 4.07. The number of aromatic nitrogens is 1. The van der Waals surface area contributed by atoms with Gasteiger partial charge in [0.15, 0.2) is 0 Å². The Morgan fingerprint density at radius 3 is 2.59 bits per heavy atom. The predicted octanol–water partition coefficient (Wildman–Crippen LogP) is 3.56. The molecule has 0 atom stereocenters. The maximum atomic E-state index is 12.9. The molecule has 2 N–H and O–H groups in total. The van der Waals surface area contributed by atoms with Crippen LogP contribution in [0, 0.1) is 0 Å². The number of amides is 1. The summed E-state index contributed by atoms with van der Waals surface area (Å²) in [5, 5.41) is 4.61. The van der Waals surface area contributed by atoms with Crippen molar-refractivity contribution < 1.29 is 4.79 Å². The third kappa shape index (κ3) is 4.98. The first kappa shape index (κ1) is 19.5. The molecule has 5 nitrogen and oxygen atoms in total. The molecule has 29 heavy (non-hydrogen) atoms. The molecule has 3 aromatic rings. The molecular weight excluding hydrogens is 360 g/mol. The summed E-state index contributed by atoms with van der Waals surface area (Å²) in [5.41, 5.74) is 4.74. The number of H-pyrrole nitrogens is 1. The third-order valence-electron chi connectivity index (χ3n) is 5.62. The lowest BCUT2D eigenvalue weighted by atomic mass is 10.1. The number of carbonyl (C=O) groups is 1. The minimum absolute atomic E-state index is 0.174. The number of nitrogens with zero attached hydrogens (tertiary/aromatic N) is 2. The van der Waals surface area contributed by atoms with Gasteiger partial charge in [0.1, 0.15) is 0 Å². The molecule has 0 unspecified atom stereocenters. The smallest absolute Gasteiger partial charge is 0.236 e. The number of benzene rings is 2. The molecule has 0 radical (unpaired) electrons. The zero-order valence-corrected chi connectivity index (χ0v) is 17.3. The molecule has 2 aromatic carbocycles. The molecule has 0 spiro atoms. The van der Waals surface area contributed by atoms with Crippen molar-refractivity contribution in [1.29, 1.82) is 0 Å². The highest BCUT2D eigenvalue weighted by atomic mass is 16.2. The molecule has 1 aliphatic rings. The Kier molecular flexibility index (Phi) is 5.86. The molecule has 0 aliphatic heterocycles. The van der Waals surface area contributed by atoms with Gasteiger partial charge in [-0.3, -0.25) is 4.79 Å². The number of aromatic amines is 1. The topological polar surface area (TPSA) is 51.4 Å². The largest absolute Gasteiger partial charge is 0.378 e. The number of carbonyl (C=O) groups excluding carboxylic acids is 1. The fourth-order valence-electron chi connectivity index (χ4n) is 3.64. The number of hydrogen-bond acceptors (Lipinski definition) is 3. The Bertz CT molecular complexity index is 956. The molecule has 4 rings (SSSR count). The van der Waals surface area contributed by atoms with E-state index in [0.717, 1.165) is 17.5 Å². The van der Waals surface area contributed by atoms with Crippen molar-refractivity contribution in [3.8, 4) is 0 Å². The number of hydrogen-bond donors (Lipinski definition) is 2. The third-order valence-corrected chi connectivity index (χ3v) is 5.62. The van der Waals surface area contributed by atoms with E-state index < -0.39 is 0 Å². The van der Waals surface area contributed by atoms with Gasteiger partial charge in [-0.05, 0) is 48.6 Å². The number of rotatable bonds is 9. The van der Waals surface area contributed by atoms with E-state index in [2.05, 4.69) is 63.9 Å². The minimum atomic E-state index is 0.174. The Balaban J connectivity index is 1.45. The van der Waals surface area contributed by atoms with E-state index in [1.165, 1.54) is 29.5 Å². The van der Waals surface area contributed by atoms with Gasteiger partial charge in [-0.1, -0.05) is 30.3 Å². The number of anilines is 1. The summed E-state index contributed by atoms with van der Waals surface area (Å²) >= 11 is 0. The lowest BCUT2D eigenvalue weighted by molar-refractivity contribution is -0.130. The van der Waals surface area contributed by atoms with Gasteiger partial charge in [-0.25, -0.2) is 0 Å². The number of fused-ring (bicyclic) bond motifs is 1. The molecule has 1 saturated carbocycles. The molecular formula is C24H30N4O. The van der Waals surface area contributed by atoms with Crippen LogP contribution in [0.25, 0.3) is 10.9 Å². The maximum absolute atomic E-state index is 12.9. The van der Waals surface area contributed by atoms with E-state index in [1.54, 1.807) is 0 Å².